The molecule has 0 bridgehead atoms. The Hall–Kier alpha value is -1.16. The summed E-state index contributed by atoms with van der Waals surface area (Å²) in [4.78, 5) is 8.42. The van der Waals surface area contributed by atoms with Crippen molar-refractivity contribution in [3.63, 3.8) is 0 Å². The Balaban J connectivity index is 3.04. The van der Waals surface area contributed by atoms with Gasteiger partial charge in [0.25, 0.3) is 0 Å². The molecule has 1 aromatic rings. The van der Waals surface area contributed by atoms with Gasteiger partial charge in [-0.05, 0) is 13.0 Å². The Labute approximate surface area is 84.5 Å². The molecule has 0 amide bonds. The maximum absolute atomic E-state index is 5.55. The van der Waals surface area contributed by atoms with Crippen LogP contribution >= 0.6 is 0 Å². The zero-order valence-electron chi connectivity index (χ0n) is 8.95. The first-order valence-corrected chi connectivity index (χ1v) is 4.67. The summed E-state index contributed by atoms with van der Waals surface area (Å²) < 4.78 is 5.16. The highest BCUT2D eigenvalue weighted by atomic mass is 16.5. The number of hydrogen-bond donors (Lipinski definition) is 1. The minimum atomic E-state index is -0.0889. The zero-order valence-corrected chi connectivity index (χ0v) is 8.95. The lowest BCUT2D eigenvalue weighted by Gasteiger charge is -2.23. The average Bonchev–Trinajstić information content (AvgIpc) is 2.18. The van der Waals surface area contributed by atoms with E-state index in [0.717, 1.165) is 12.1 Å². The van der Waals surface area contributed by atoms with E-state index in [9.17, 15) is 0 Å². The van der Waals surface area contributed by atoms with Gasteiger partial charge in [-0.15, -0.1) is 0 Å². The largest absolute Gasteiger partial charge is 0.480 e. The first-order chi connectivity index (χ1) is 6.61. The molecule has 4 heteroatoms. The monoisotopic (exact) mass is 195 g/mol. The molecule has 78 valence electrons. The molecule has 2 N–H and O–H groups in total. The van der Waals surface area contributed by atoms with Crippen LogP contribution in [0.25, 0.3) is 0 Å². The van der Waals surface area contributed by atoms with Crippen molar-refractivity contribution in [2.75, 3.05) is 13.7 Å². The Kier molecular flexibility index (Phi) is 3.41. The summed E-state index contributed by atoms with van der Waals surface area (Å²) in [7, 11) is 1.60. The molecule has 14 heavy (non-hydrogen) atoms. The number of aromatic nitrogens is 2. The standard InChI is InChI=1S/C10H17N3O/c1-10(2,4-5-11)8-9(14-3)13-7-6-12-8/h6-7H,4-5,11H2,1-3H3. The molecule has 4 nitrogen and oxygen atoms in total. The summed E-state index contributed by atoms with van der Waals surface area (Å²) in [6.07, 6.45) is 4.17. The predicted octanol–water partition coefficient (Wildman–Crippen LogP) is 1.11. The fourth-order valence-electron chi connectivity index (χ4n) is 1.42. The highest BCUT2D eigenvalue weighted by Gasteiger charge is 2.25. The van der Waals surface area contributed by atoms with Gasteiger partial charge in [0, 0.05) is 17.8 Å². The summed E-state index contributed by atoms with van der Waals surface area (Å²) in [5, 5.41) is 0. The minimum Gasteiger partial charge on any atom is -0.480 e. The summed E-state index contributed by atoms with van der Waals surface area (Å²) in [6, 6.07) is 0. The van der Waals surface area contributed by atoms with Crippen LogP contribution in [0.4, 0.5) is 0 Å². The van der Waals surface area contributed by atoms with Gasteiger partial charge in [-0.3, -0.25) is 4.98 Å². The first-order valence-electron chi connectivity index (χ1n) is 4.67. The van der Waals surface area contributed by atoms with E-state index >= 15 is 0 Å². The summed E-state index contributed by atoms with van der Waals surface area (Å²) in [6.45, 7) is 4.81. The van der Waals surface area contributed by atoms with Crippen LogP contribution in [-0.4, -0.2) is 23.6 Å². The van der Waals surface area contributed by atoms with Gasteiger partial charge < -0.3 is 10.5 Å². The number of ether oxygens (including phenoxy) is 1. The maximum Gasteiger partial charge on any atom is 0.235 e. The van der Waals surface area contributed by atoms with E-state index in [1.165, 1.54) is 0 Å². The zero-order chi connectivity index (χ0) is 10.6. The molecule has 0 saturated heterocycles. The van der Waals surface area contributed by atoms with Gasteiger partial charge in [0.05, 0.1) is 7.11 Å². The highest BCUT2D eigenvalue weighted by molar-refractivity contribution is 5.25. The second-order valence-electron chi connectivity index (χ2n) is 3.84. The van der Waals surface area contributed by atoms with Gasteiger partial charge in [0.1, 0.15) is 5.69 Å². The molecule has 0 aliphatic heterocycles. The highest BCUT2D eigenvalue weighted by Crippen LogP contribution is 2.29. The molecule has 0 aliphatic carbocycles. The third-order valence-corrected chi connectivity index (χ3v) is 2.27. The Morgan fingerprint density at radius 3 is 2.57 bits per heavy atom. The molecule has 1 aromatic heterocycles. The van der Waals surface area contributed by atoms with E-state index in [-0.39, 0.29) is 5.41 Å². The van der Waals surface area contributed by atoms with Crippen molar-refractivity contribution in [3.8, 4) is 5.88 Å². The summed E-state index contributed by atoms with van der Waals surface area (Å²) >= 11 is 0. The van der Waals surface area contributed by atoms with Crippen molar-refractivity contribution < 1.29 is 4.74 Å². The predicted molar refractivity (Wildman–Crippen MR) is 55.3 cm³/mol. The van der Waals surface area contributed by atoms with Gasteiger partial charge in [-0.1, -0.05) is 13.8 Å². The van der Waals surface area contributed by atoms with E-state index in [2.05, 4.69) is 23.8 Å². The first kappa shape index (κ1) is 10.9. The van der Waals surface area contributed by atoms with Crippen LogP contribution in [0, 0.1) is 0 Å². The summed E-state index contributed by atoms with van der Waals surface area (Å²) in [5.74, 6) is 0.589. The van der Waals surface area contributed by atoms with Crippen molar-refractivity contribution in [1.29, 1.82) is 0 Å². The molecule has 1 heterocycles. The average molecular weight is 195 g/mol. The molecule has 0 unspecified atom stereocenters. The molecule has 0 atom stereocenters. The van der Waals surface area contributed by atoms with Crippen LogP contribution in [0.15, 0.2) is 12.4 Å². The smallest absolute Gasteiger partial charge is 0.235 e. The normalized spacial score (nSPS) is 11.4. The van der Waals surface area contributed by atoms with Crippen LogP contribution in [0.1, 0.15) is 26.0 Å². The molecular weight excluding hydrogens is 178 g/mol. The lowest BCUT2D eigenvalue weighted by molar-refractivity contribution is 0.364. The molecular formula is C10H17N3O. The van der Waals surface area contributed by atoms with Crippen LogP contribution in [0.3, 0.4) is 0 Å². The number of methoxy groups -OCH3 is 1. The van der Waals surface area contributed by atoms with Crippen LogP contribution in [0.2, 0.25) is 0 Å². The van der Waals surface area contributed by atoms with Crippen molar-refractivity contribution in [1.82, 2.24) is 9.97 Å². The molecule has 0 aliphatic rings. The molecule has 0 saturated carbocycles. The van der Waals surface area contributed by atoms with E-state index in [1.807, 2.05) is 0 Å². The third kappa shape index (κ3) is 2.20. The van der Waals surface area contributed by atoms with Crippen molar-refractivity contribution in [2.45, 2.75) is 25.7 Å². The van der Waals surface area contributed by atoms with Crippen LogP contribution < -0.4 is 10.5 Å². The van der Waals surface area contributed by atoms with Gasteiger partial charge >= 0.3 is 0 Å². The van der Waals surface area contributed by atoms with Gasteiger partial charge in [0.2, 0.25) is 5.88 Å². The maximum atomic E-state index is 5.55. The number of nitrogens with zero attached hydrogens (tertiary/aromatic N) is 2. The molecule has 0 radical (unpaired) electrons. The lowest BCUT2D eigenvalue weighted by Crippen LogP contribution is -2.24. The topological polar surface area (TPSA) is 61.0 Å². The number of rotatable bonds is 4. The molecule has 0 spiro atoms. The lowest BCUT2D eigenvalue weighted by atomic mass is 9.85. The second-order valence-corrected chi connectivity index (χ2v) is 3.84. The van der Waals surface area contributed by atoms with E-state index in [1.54, 1.807) is 19.5 Å². The quantitative estimate of drug-likeness (QED) is 0.781. The SMILES string of the molecule is COc1nccnc1C(C)(C)CCN. The number of nitrogens with two attached hydrogens (primary N) is 1. The summed E-state index contributed by atoms with van der Waals surface area (Å²) in [5.41, 5.74) is 6.33. The van der Waals surface area contributed by atoms with E-state index < -0.39 is 0 Å². The van der Waals surface area contributed by atoms with Gasteiger partial charge in [-0.25, -0.2) is 4.98 Å². The van der Waals surface area contributed by atoms with Crippen LogP contribution in [0.5, 0.6) is 5.88 Å². The van der Waals surface area contributed by atoms with E-state index in [0.29, 0.717) is 12.4 Å². The molecule has 0 aromatic carbocycles. The van der Waals surface area contributed by atoms with Crippen molar-refractivity contribution >= 4 is 0 Å². The van der Waals surface area contributed by atoms with Crippen LogP contribution in [-0.2, 0) is 5.41 Å². The van der Waals surface area contributed by atoms with Crippen molar-refractivity contribution in [3.05, 3.63) is 18.1 Å². The third-order valence-electron chi connectivity index (χ3n) is 2.27. The van der Waals surface area contributed by atoms with Gasteiger partial charge in [0.15, 0.2) is 0 Å². The second kappa shape index (κ2) is 4.37. The Bertz CT molecular complexity index is 299. The number of hydrogen-bond acceptors (Lipinski definition) is 4. The van der Waals surface area contributed by atoms with Gasteiger partial charge in [-0.2, -0.15) is 0 Å². The fourth-order valence-corrected chi connectivity index (χ4v) is 1.42. The fraction of sp³-hybridized carbons (Fsp3) is 0.600. The van der Waals surface area contributed by atoms with Crippen molar-refractivity contribution in [2.24, 2.45) is 5.73 Å². The Morgan fingerprint density at radius 1 is 1.36 bits per heavy atom. The van der Waals surface area contributed by atoms with E-state index in [4.69, 9.17) is 10.5 Å². The minimum absolute atomic E-state index is 0.0889. The molecule has 0 fully saturated rings. The Morgan fingerprint density at radius 2 is 2.00 bits per heavy atom. The molecule has 1 rings (SSSR count).